The number of methoxy groups -OCH3 is 1. The first-order chi connectivity index (χ1) is 14.7. The van der Waals surface area contributed by atoms with Gasteiger partial charge in [0.25, 0.3) is 0 Å². The van der Waals surface area contributed by atoms with Crippen molar-refractivity contribution in [2.75, 3.05) is 53.0 Å². The monoisotopic (exact) mass is 413 g/mol. The predicted molar refractivity (Wildman–Crippen MR) is 120 cm³/mol. The second-order valence-electron chi connectivity index (χ2n) is 7.80. The van der Waals surface area contributed by atoms with Crippen LogP contribution in [0.15, 0.2) is 48.5 Å². The summed E-state index contributed by atoms with van der Waals surface area (Å²) >= 11 is 0. The van der Waals surface area contributed by atoms with Gasteiger partial charge in [-0.1, -0.05) is 31.2 Å². The molecular weight excluding hydrogens is 378 g/mol. The molecule has 1 aliphatic heterocycles. The molecule has 30 heavy (non-hydrogen) atoms. The van der Waals surface area contributed by atoms with E-state index >= 15 is 0 Å². The second kappa shape index (κ2) is 11.9. The third-order valence-electron chi connectivity index (χ3n) is 5.51. The van der Waals surface area contributed by atoms with E-state index in [0.29, 0.717) is 13.2 Å². The van der Waals surface area contributed by atoms with Gasteiger partial charge in [-0.3, -0.25) is 4.90 Å². The molecule has 1 heterocycles. The Morgan fingerprint density at radius 3 is 2.17 bits per heavy atom. The van der Waals surface area contributed by atoms with Gasteiger partial charge in [0.15, 0.2) is 0 Å². The van der Waals surface area contributed by atoms with E-state index in [1.807, 2.05) is 36.4 Å². The Balaban J connectivity index is 1.39. The maximum absolute atomic E-state index is 10.4. The molecule has 0 spiro atoms. The Morgan fingerprint density at radius 1 is 0.933 bits per heavy atom. The topological polar surface area (TPSA) is 57.2 Å². The Bertz CT molecular complexity index is 763. The Kier molecular flexibility index (Phi) is 8.96. The number of likely N-dealkylation sites (N-methyl/N-ethyl adjacent to an activating group) is 1. The van der Waals surface area contributed by atoms with Crippen molar-refractivity contribution < 1.29 is 14.6 Å². The van der Waals surface area contributed by atoms with Gasteiger partial charge in [-0.15, -0.1) is 0 Å². The van der Waals surface area contributed by atoms with E-state index in [1.165, 1.54) is 5.56 Å². The lowest BCUT2D eigenvalue weighted by Gasteiger charge is -2.34. The van der Waals surface area contributed by atoms with Crippen molar-refractivity contribution in [1.82, 2.24) is 15.1 Å². The van der Waals surface area contributed by atoms with E-state index in [9.17, 15) is 5.11 Å². The van der Waals surface area contributed by atoms with Crippen LogP contribution >= 0.6 is 0 Å². The van der Waals surface area contributed by atoms with Crippen molar-refractivity contribution in [2.45, 2.75) is 26.1 Å². The van der Waals surface area contributed by atoms with Gasteiger partial charge in [0, 0.05) is 45.8 Å². The fourth-order valence-corrected chi connectivity index (χ4v) is 3.71. The van der Waals surface area contributed by atoms with Crippen LogP contribution in [0.3, 0.4) is 0 Å². The molecule has 2 aromatic rings. The standard InChI is InChI=1S/C24H35N3O3/c1-3-26-10-12-27(13-11-26)18-22(28)19-30-24-9-5-7-21(15-24)17-25-16-20-6-4-8-23(14-20)29-2/h4-9,14-15,22,25,28H,3,10-13,16-19H2,1-2H3/t22-/m1/s1. The summed E-state index contributed by atoms with van der Waals surface area (Å²) in [6, 6.07) is 16.1. The predicted octanol–water partition coefficient (Wildman–Crippen LogP) is 2.36. The van der Waals surface area contributed by atoms with Crippen LogP contribution in [0.1, 0.15) is 18.1 Å². The van der Waals surface area contributed by atoms with Gasteiger partial charge < -0.3 is 24.8 Å². The lowest BCUT2D eigenvalue weighted by atomic mass is 10.2. The molecule has 6 heteroatoms. The molecular formula is C24H35N3O3. The van der Waals surface area contributed by atoms with E-state index in [1.54, 1.807) is 7.11 Å². The first kappa shape index (κ1) is 22.6. The van der Waals surface area contributed by atoms with E-state index < -0.39 is 6.10 Å². The summed E-state index contributed by atoms with van der Waals surface area (Å²) in [5.74, 6) is 1.67. The minimum atomic E-state index is -0.479. The SMILES string of the molecule is CCN1CCN(C[C@@H](O)COc2cccc(CNCc3cccc(OC)c3)c2)CC1. The van der Waals surface area contributed by atoms with E-state index in [0.717, 1.165) is 62.9 Å². The molecule has 3 rings (SSSR count). The molecule has 1 fully saturated rings. The summed E-state index contributed by atoms with van der Waals surface area (Å²) < 4.78 is 11.1. The van der Waals surface area contributed by atoms with E-state index in [2.05, 4.69) is 34.2 Å². The maximum atomic E-state index is 10.4. The Labute approximate surface area is 180 Å². The minimum absolute atomic E-state index is 0.314. The maximum Gasteiger partial charge on any atom is 0.119 e. The lowest BCUT2D eigenvalue weighted by Crippen LogP contribution is -2.49. The van der Waals surface area contributed by atoms with Crippen molar-refractivity contribution >= 4 is 0 Å². The number of nitrogens with zero attached hydrogens (tertiary/aromatic N) is 2. The molecule has 0 aliphatic carbocycles. The molecule has 164 valence electrons. The molecule has 1 aliphatic rings. The summed E-state index contributed by atoms with van der Waals surface area (Å²) in [5.41, 5.74) is 2.34. The zero-order chi connectivity index (χ0) is 21.2. The summed E-state index contributed by atoms with van der Waals surface area (Å²) in [4.78, 5) is 4.76. The third-order valence-corrected chi connectivity index (χ3v) is 5.51. The van der Waals surface area contributed by atoms with Crippen molar-refractivity contribution in [2.24, 2.45) is 0 Å². The first-order valence-electron chi connectivity index (χ1n) is 10.8. The summed E-state index contributed by atoms with van der Waals surface area (Å²) in [5, 5.41) is 13.8. The average Bonchev–Trinajstić information content (AvgIpc) is 2.79. The van der Waals surface area contributed by atoms with Crippen LogP contribution in [-0.4, -0.2) is 74.0 Å². The fourth-order valence-electron chi connectivity index (χ4n) is 3.71. The number of rotatable bonds is 11. The van der Waals surface area contributed by atoms with Gasteiger partial charge in [0.2, 0.25) is 0 Å². The van der Waals surface area contributed by atoms with Gasteiger partial charge in [-0.05, 0) is 41.9 Å². The van der Waals surface area contributed by atoms with Crippen LogP contribution in [-0.2, 0) is 13.1 Å². The highest BCUT2D eigenvalue weighted by molar-refractivity contribution is 5.30. The number of hydrogen-bond donors (Lipinski definition) is 2. The average molecular weight is 414 g/mol. The van der Waals surface area contributed by atoms with E-state index in [4.69, 9.17) is 9.47 Å². The van der Waals surface area contributed by atoms with Crippen LogP contribution in [0.2, 0.25) is 0 Å². The zero-order valence-electron chi connectivity index (χ0n) is 18.2. The molecule has 6 nitrogen and oxygen atoms in total. The smallest absolute Gasteiger partial charge is 0.119 e. The molecule has 1 saturated heterocycles. The van der Waals surface area contributed by atoms with Gasteiger partial charge in [-0.25, -0.2) is 0 Å². The van der Waals surface area contributed by atoms with Gasteiger partial charge >= 0.3 is 0 Å². The van der Waals surface area contributed by atoms with Gasteiger partial charge in [0.05, 0.1) is 7.11 Å². The minimum Gasteiger partial charge on any atom is -0.497 e. The summed E-state index contributed by atoms with van der Waals surface area (Å²) in [7, 11) is 1.68. The van der Waals surface area contributed by atoms with Crippen LogP contribution in [0.25, 0.3) is 0 Å². The van der Waals surface area contributed by atoms with Gasteiger partial charge in [-0.2, -0.15) is 0 Å². The molecule has 0 saturated carbocycles. The van der Waals surface area contributed by atoms with E-state index in [-0.39, 0.29) is 0 Å². The number of ether oxygens (including phenoxy) is 2. The third kappa shape index (κ3) is 7.29. The molecule has 0 radical (unpaired) electrons. The normalized spacial score (nSPS) is 16.4. The number of piperazine rings is 1. The summed E-state index contributed by atoms with van der Waals surface area (Å²) in [6.07, 6.45) is -0.479. The zero-order valence-corrected chi connectivity index (χ0v) is 18.2. The Morgan fingerprint density at radius 2 is 1.53 bits per heavy atom. The number of aliphatic hydroxyl groups excluding tert-OH is 1. The molecule has 0 bridgehead atoms. The highest BCUT2D eigenvalue weighted by atomic mass is 16.5. The second-order valence-corrected chi connectivity index (χ2v) is 7.80. The van der Waals surface area contributed by atoms with Crippen LogP contribution in [0.5, 0.6) is 11.5 Å². The number of aliphatic hydroxyl groups is 1. The van der Waals surface area contributed by atoms with Crippen LogP contribution in [0.4, 0.5) is 0 Å². The first-order valence-corrected chi connectivity index (χ1v) is 10.8. The largest absolute Gasteiger partial charge is 0.497 e. The molecule has 0 unspecified atom stereocenters. The van der Waals surface area contributed by atoms with Crippen LogP contribution in [0, 0.1) is 0 Å². The molecule has 2 aromatic carbocycles. The number of benzene rings is 2. The number of hydrogen-bond acceptors (Lipinski definition) is 6. The molecule has 2 N–H and O–H groups in total. The number of β-amino-alcohol motifs (C(OH)–C–C–N with tert-alkyl or cyclic N) is 1. The molecule has 1 atom stereocenters. The summed E-state index contributed by atoms with van der Waals surface area (Å²) in [6.45, 7) is 9.98. The number of nitrogens with one attached hydrogen (secondary N) is 1. The van der Waals surface area contributed by atoms with Crippen molar-refractivity contribution in [3.63, 3.8) is 0 Å². The fraction of sp³-hybridized carbons (Fsp3) is 0.500. The lowest BCUT2D eigenvalue weighted by molar-refractivity contribution is 0.0471. The van der Waals surface area contributed by atoms with Crippen molar-refractivity contribution in [3.05, 3.63) is 59.7 Å². The van der Waals surface area contributed by atoms with Crippen LogP contribution < -0.4 is 14.8 Å². The van der Waals surface area contributed by atoms with Crippen molar-refractivity contribution in [1.29, 1.82) is 0 Å². The molecule has 0 aromatic heterocycles. The quantitative estimate of drug-likeness (QED) is 0.590. The highest BCUT2D eigenvalue weighted by Gasteiger charge is 2.18. The van der Waals surface area contributed by atoms with Gasteiger partial charge in [0.1, 0.15) is 24.2 Å². The highest BCUT2D eigenvalue weighted by Crippen LogP contribution is 2.15. The Hall–Kier alpha value is -2.12. The van der Waals surface area contributed by atoms with Crippen molar-refractivity contribution in [3.8, 4) is 11.5 Å². The molecule has 0 amide bonds.